The monoisotopic (exact) mass is 415 g/mol. The van der Waals surface area contributed by atoms with Gasteiger partial charge in [-0.15, -0.1) is 0 Å². The number of ether oxygens (including phenoxy) is 2. The fourth-order valence-corrected chi connectivity index (χ4v) is 3.78. The van der Waals surface area contributed by atoms with Crippen LogP contribution in [-0.4, -0.2) is 37.2 Å². The molecule has 1 N–H and O–H groups in total. The van der Waals surface area contributed by atoms with E-state index in [0.29, 0.717) is 11.5 Å². The van der Waals surface area contributed by atoms with Crippen molar-refractivity contribution in [2.75, 3.05) is 7.11 Å². The van der Waals surface area contributed by atoms with Crippen molar-refractivity contribution in [1.29, 1.82) is 0 Å². The lowest BCUT2D eigenvalue weighted by atomic mass is 10.1. The molecule has 30 heavy (non-hydrogen) atoms. The van der Waals surface area contributed by atoms with Crippen molar-refractivity contribution >= 4 is 16.9 Å². The Morgan fingerprint density at radius 3 is 2.50 bits per heavy atom. The van der Waals surface area contributed by atoms with Gasteiger partial charge in [0.25, 0.3) is 11.2 Å². The first-order chi connectivity index (χ1) is 14.3. The summed E-state index contributed by atoms with van der Waals surface area (Å²) in [7, 11) is 4.28. The van der Waals surface area contributed by atoms with Crippen LogP contribution in [0.5, 0.6) is 11.5 Å². The van der Waals surface area contributed by atoms with Gasteiger partial charge in [-0.3, -0.25) is 24.0 Å². The number of aromatic nitrogens is 4. The summed E-state index contributed by atoms with van der Waals surface area (Å²) < 4.78 is 13.5. The summed E-state index contributed by atoms with van der Waals surface area (Å²) >= 11 is 0. The van der Waals surface area contributed by atoms with Gasteiger partial charge in [-0.1, -0.05) is 0 Å². The first kappa shape index (κ1) is 19.7. The minimum Gasteiger partial charge on any atom is -0.493 e. The zero-order chi connectivity index (χ0) is 21.6. The number of nitrogens with one attached hydrogen (secondary N) is 1. The van der Waals surface area contributed by atoms with E-state index in [4.69, 9.17) is 9.47 Å². The van der Waals surface area contributed by atoms with E-state index in [1.165, 1.54) is 37.9 Å². The number of methoxy groups -OCH3 is 1. The zero-order valence-electron chi connectivity index (χ0n) is 16.8. The summed E-state index contributed by atoms with van der Waals surface area (Å²) in [6, 6.07) is 2.78. The summed E-state index contributed by atoms with van der Waals surface area (Å²) in [6.45, 7) is 0. The van der Waals surface area contributed by atoms with Crippen LogP contribution in [0.15, 0.2) is 21.7 Å². The van der Waals surface area contributed by atoms with E-state index < -0.39 is 16.2 Å². The number of aromatic amines is 1. The van der Waals surface area contributed by atoms with Crippen LogP contribution in [0, 0.1) is 10.1 Å². The van der Waals surface area contributed by atoms with Crippen molar-refractivity contribution in [1.82, 2.24) is 19.1 Å². The quantitative estimate of drug-likeness (QED) is 0.496. The molecule has 158 valence electrons. The normalized spacial score (nSPS) is 14.4. The lowest BCUT2D eigenvalue weighted by Crippen LogP contribution is -2.36. The van der Waals surface area contributed by atoms with Crippen molar-refractivity contribution < 1.29 is 14.4 Å². The molecule has 0 atom stereocenters. The fraction of sp³-hybridized carbons (Fsp3) is 0.421. The average molecular weight is 415 g/mol. The molecule has 0 unspecified atom stereocenters. The molecule has 1 saturated carbocycles. The highest BCUT2D eigenvalue weighted by atomic mass is 16.6. The van der Waals surface area contributed by atoms with Gasteiger partial charge in [0.1, 0.15) is 11.3 Å². The molecule has 2 heterocycles. The van der Waals surface area contributed by atoms with Crippen LogP contribution in [-0.2, 0) is 14.1 Å². The van der Waals surface area contributed by atoms with Crippen LogP contribution in [0.25, 0.3) is 22.6 Å². The maximum atomic E-state index is 12.4. The smallest absolute Gasteiger partial charge is 0.332 e. The van der Waals surface area contributed by atoms with Crippen molar-refractivity contribution in [3.63, 3.8) is 0 Å². The standard InChI is InChI=1S/C19H21N5O6/c1-22-17-15(18(25)23(2)19(22)26)20-16(21-17)11-8-13(29-3)14(9-12(11)24(27)28)30-10-6-4-5-7-10/h8-10H,4-7H2,1-3H3,(H,20,21). The summed E-state index contributed by atoms with van der Waals surface area (Å²) in [5.41, 5.74) is -1.04. The third-order valence-electron chi connectivity index (χ3n) is 5.42. The minimum atomic E-state index is -0.567. The third-order valence-corrected chi connectivity index (χ3v) is 5.42. The largest absolute Gasteiger partial charge is 0.493 e. The Labute approximate surface area is 170 Å². The highest BCUT2D eigenvalue weighted by Gasteiger charge is 2.26. The molecule has 3 aromatic rings. The van der Waals surface area contributed by atoms with Gasteiger partial charge in [0, 0.05) is 20.2 Å². The Balaban J connectivity index is 1.90. The van der Waals surface area contributed by atoms with E-state index in [1.807, 2.05) is 0 Å². The van der Waals surface area contributed by atoms with Gasteiger partial charge in [-0.25, -0.2) is 9.78 Å². The lowest BCUT2D eigenvalue weighted by molar-refractivity contribution is -0.384. The van der Waals surface area contributed by atoms with Crippen LogP contribution in [0.3, 0.4) is 0 Å². The van der Waals surface area contributed by atoms with Gasteiger partial charge in [0.05, 0.1) is 29.8 Å². The molecule has 0 amide bonds. The molecule has 1 aromatic carbocycles. The Morgan fingerprint density at radius 2 is 1.87 bits per heavy atom. The maximum Gasteiger partial charge on any atom is 0.332 e. The zero-order valence-corrected chi connectivity index (χ0v) is 16.8. The molecule has 1 aliphatic rings. The maximum absolute atomic E-state index is 12.4. The molecule has 0 saturated heterocycles. The summed E-state index contributed by atoms with van der Waals surface area (Å²) in [6.07, 6.45) is 3.88. The van der Waals surface area contributed by atoms with Crippen molar-refractivity contribution in [2.45, 2.75) is 31.8 Å². The number of fused-ring (bicyclic) bond motifs is 1. The summed E-state index contributed by atoms with van der Waals surface area (Å²) in [5, 5.41) is 11.8. The highest BCUT2D eigenvalue weighted by molar-refractivity contribution is 5.80. The molecule has 4 rings (SSSR count). The summed E-state index contributed by atoms with van der Waals surface area (Å²) in [5.74, 6) is 0.699. The van der Waals surface area contributed by atoms with Crippen molar-refractivity contribution in [2.24, 2.45) is 14.1 Å². The van der Waals surface area contributed by atoms with Crippen LogP contribution < -0.4 is 20.7 Å². The van der Waals surface area contributed by atoms with E-state index in [1.54, 1.807) is 0 Å². The number of H-pyrrole nitrogens is 1. The first-order valence-corrected chi connectivity index (χ1v) is 9.51. The molecule has 11 nitrogen and oxygen atoms in total. The second kappa shape index (κ2) is 7.32. The lowest BCUT2D eigenvalue weighted by Gasteiger charge is -2.16. The number of hydrogen-bond donors (Lipinski definition) is 1. The number of nitro benzene ring substituents is 1. The molecular weight excluding hydrogens is 394 g/mol. The van der Waals surface area contributed by atoms with E-state index >= 15 is 0 Å². The molecule has 11 heteroatoms. The van der Waals surface area contributed by atoms with E-state index in [2.05, 4.69) is 9.97 Å². The molecule has 1 fully saturated rings. The Bertz CT molecular complexity index is 1270. The van der Waals surface area contributed by atoms with E-state index in [-0.39, 0.29) is 34.3 Å². The number of aryl methyl sites for hydroxylation is 1. The number of nitrogens with zero attached hydrogens (tertiary/aromatic N) is 4. The third kappa shape index (κ3) is 3.11. The minimum absolute atomic E-state index is 0.00639. The van der Waals surface area contributed by atoms with Crippen molar-refractivity contribution in [3.05, 3.63) is 43.1 Å². The van der Waals surface area contributed by atoms with Gasteiger partial charge >= 0.3 is 5.69 Å². The topological polar surface area (TPSA) is 134 Å². The van der Waals surface area contributed by atoms with Crippen LogP contribution in [0.1, 0.15) is 25.7 Å². The highest BCUT2D eigenvalue weighted by Crippen LogP contribution is 2.40. The van der Waals surface area contributed by atoms with Crippen LogP contribution in [0.2, 0.25) is 0 Å². The van der Waals surface area contributed by atoms with Gasteiger partial charge in [0.2, 0.25) is 0 Å². The molecule has 0 spiro atoms. The Morgan fingerprint density at radius 1 is 1.17 bits per heavy atom. The molecule has 0 bridgehead atoms. The molecule has 2 aromatic heterocycles. The van der Waals surface area contributed by atoms with Gasteiger partial charge in [0.15, 0.2) is 17.1 Å². The second-order valence-corrected chi connectivity index (χ2v) is 7.29. The van der Waals surface area contributed by atoms with Crippen molar-refractivity contribution in [3.8, 4) is 22.9 Å². The predicted octanol–water partition coefficient (Wildman–Crippen LogP) is 1.87. The molecule has 0 radical (unpaired) electrons. The Kier molecular flexibility index (Phi) is 4.80. The number of benzene rings is 1. The van der Waals surface area contributed by atoms with Gasteiger partial charge < -0.3 is 14.5 Å². The van der Waals surface area contributed by atoms with E-state index in [9.17, 15) is 19.7 Å². The molecule has 1 aliphatic carbocycles. The number of hydrogen-bond acceptors (Lipinski definition) is 7. The molecule has 0 aliphatic heterocycles. The Hall–Kier alpha value is -3.63. The number of rotatable bonds is 5. The predicted molar refractivity (Wildman–Crippen MR) is 108 cm³/mol. The number of imidazole rings is 1. The van der Waals surface area contributed by atoms with Crippen LogP contribution >= 0.6 is 0 Å². The van der Waals surface area contributed by atoms with Gasteiger partial charge in [-0.2, -0.15) is 0 Å². The van der Waals surface area contributed by atoms with E-state index in [0.717, 1.165) is 30.3 Å². The SMILES string of the molecule is COc1cc(-c2nc3c([nH]2)c(=O)n(C)c(=O)n3C)c([N+](=O)[O-])cc1OC1CCCC1. The average Bonchev–Trinajstić information content (AvgIpc) is 3.40. The number of nitro groups is 1. The van der Waals surface area contributed by atoms with Gasteiger partial charge in [-0.05, 0) is 25.7 Å². The first-order valence-electron chi connectivity index (χ1n) is 9.51. The second-order valence-electron chi connectivity index (χ2n) is 7.29. The fourth-order valence-electron chi connectivity index (χ4n) is 3.78. The molecular formula is C19H21N5O6. The van der Waals surface area contributed by atoms with Crippen LogP contribution in [0.4, 0.5) is 5.69 Å². The summed E-state index contributed by atoms with van der Waals surface area (Å²) in [4.78, 5) is 43.0.